The van der Waals surface area contributed by atoms with Crippen LogP contribution in [-0.4, -0.2) is 25.9 Å². The number of halogens is 3. The Kier molecular flexibility index (Phi) is 6.89. The second-order valence-electron chi connectivity index (χ2n) is 6.79. The quantitative estimate of drug-likeness (QED) is 0.574. The molecule has 7 heteroatoms. The van der Waals surface area contributed by atoms with E-state index in [-0.39, 0.29) is 17.0 Å². The number of rotatable bonds is 7. The molecule has 0 heterocycles. The number of benzene rings is 1. The minimum absolute atomic E-state index is 0.0362. The van der Waals surface area contributed by atoms with Crippen molar-refractivity contribution in [2.45, 2.75) is 46.8 Å². The summed E-state index contributed by atoms with van der Waals surface area (Å²) in [4.78, 5) is 0. The molecule has 2 nitrogen and oxygen atoms in total. The first-order chi connectivity index (χ1) is 10.5. The van der Waals surface area contributed by atoms with Gasteiger partial charge in [-0.15, -0.1) is 0 Å². The first kappa shape index (κ1) is 20.2. The molecule has 0 spiro atoms. The zero-order valence-corrected chi connectivity index (χ0v) is 15.1. The van der Waals surface area contributed by atoms with Crippen LogP contribution in [0.5, 0.6) is 0 Å². The monoisotopic (exact) mass is 346 g/mol. The van der Waals surface area contributed by atoms with E-state index in [1.165, 1.54) is 14.4 Å². The second-order valence-corrected chi connectivity index (χ2v) is 7.11. The van der Waals surface area contributed by atoms with Crippen molar-refractivity contribution in [2.75, 3.05) is 17.7 Å². The minimum atomic E-state index is -4.40. The highest BCUT2D eigenvalue weighted by Gasteiger charge is 2.34. The van der Waals surface area contributed by atoms with Crippen molar-refractivity contribution in [3.05, 3.63) is 23.3 Å². The normalized spacial score (nSPS) is 12.6. The Morgan fingerprint density at radius 2 is 1.87 bits per heavy atom. The summed E-state index contributed by atoms with van der Waals surface area (Å²) in [6.07, 6.45) is -4.40. The lowest BCUT2D eigenvalue weighted by atomic mass is 9.84. The number of hydrogen-bond acceptors (Lipinski definition) is 3. The van der Waals surface area contributed by atoms with E-state index in [1.807, 2.05) is 27.7 Å². The summed E-state index contributed by atoms with van der Waals surface area (Å²) in [5, 5.41) is 3.06. The van der Waals surface area contributed by atoms with Crippen LogP contribution in [0.15, 0.2) is 12.1 Å². The summed E-state index contributed by atoms with van der Waals surface area (Å²) in [5.41, 5.74) is 0.264. The summed E-state index contributed by atoms with van der Waals surface area (Å²) >= 11 is 4.23. The Labute approximate surface area is 142 Å². The molecule has 0 unspecified atom stereocenters. The lowest BCUT2D eigenvalue weighted by Gasteiger charge is -2.22. The van der Waals surface area contributed by atoms with Crippen molar-refractivity contribution >= 4 is 31.3 Å². The molecular weight excluding hydrogens is 322 g/mol. The number of hydrogen-bond donors (Lipinski definition) is 2. The van der Waals surface area contributed by atoms with Gasteiger partial charge in [0.15, 0.2) is 0 Å². The third-order valence-electron chi connectivity index (χ3n) is 3.30. The van der Waals surface area contributed by atoms with Gasteiger partial charge in [-0.1, -0.05) is 25.4 Å². The van der Waals surface area contributed by atoms with Crippen LogP contribution in [0.25, 0.3) is 0 Å². The van der Waals surface area contributed by atoms with Gasteiger partial charge in [0.1, 0.15) is 0 Å². The highest BCUT2D eigenvalue weighted by molar-refractivity contribution is 7.80. The van der Waals surface area contributed by atoms with Crippen LogP contribution in [0, 0.1) is 12.3 Å². The third-order valence-corrected chi connectivity index (χ3v) is 4.16. The van der Waals surface area contributed by atoms with E-state index in [0.717, 1.165) is 6.07 Å². The van der Waals surface area contributed by atoms with Gasteiger partial charge in [-0.25, -0.2) is 0 Å². The minimum Gasteiger partial charge on any atom is -0.434 e. The predicted molar refractivity (Wildman–Crippen MR) is 93.9 cm³/mol. The molecule has 23 heavy (non-hydrogen) atoms. The number of anilines is 1. The van der Waals surface area contributed by atoms with Crippen LogP contribution in [0.1, 0.15) is 38.8 Å². The van der Waals surface area contributed by atoms with E-state index in [9.17, 15) is 13.2 Å². The second kappa shape index (κ2) is 7.84. The maximum Gasteiger partial charge on any atom is 0.416 e. The van der Waals surface area contributed by atoms with Crippen molar-refractivity contribution < 1.29 is 17.8 Å². The predicted octanol–water partition coefficient (Wildman–Crippen LogP) is 4.05. The first-order valence-corrected chi connectivity index (χ1v) is 8.13. The molecule has 0 aliphatic rings. The smallest absolute Gasteiger partial charge is 0.416 e. The third kappa shape index (κ3) is 6.30. The molecule has 0 aromatic heterocycles. The molecule has 0 saturated heterocycles. The fourth-order valence-electron chi connectivity index (χ4n) is 1.97. The standard InChI is InChI=1S/C16H24BF3NOS/c1-10(2)21-14-7-12(17-22-8-15(4,5)9-23)6-13(11(14)3)16(18,19)20/h6-7,10,21,23H,8-9H2,1-5H3. The number of alkyl halides is 3. The van der Waals surface area contributed by atoms with Crippen LogP contribution in [0.4, 0.5) is 18.9 Å². The summed E-state index contributed by atoms with van der Waals surface area (Å²) in [6, 6.07) is 2.83. The Bertz CT molecular complexity index is 533. The lowest BCUT2D eigenvalue weighted by Crippen LogP contribution is -2.28. The molecule has 1 rings (SSSR count). The Hall–Kier alpha value is -0.815. The maximum absolute atomic E-state index is 13.2. The van der Waals surface area contributed by atoms with Crippen LogP contribution >= 0.6 is 12.6 Å². The highest BCUT2D eigenvalue weighted by Crippen LogP contribution is 2.34. The van der Waals surface area contributed by atoms with Gasteiger partial charge >= 0.3 is 13.7 Å². The van der Waals surface area contributed by atoms with Gasteiger partial charge in [-0.05, 0) is 43.6 Å². The molecule has 129 valence electrons. The van der Waals surface area contributed by atoms with E-state index in [4.69, 9.17) is 4.65 Å². The molecule has 0 aliphatic carbocycles. The summed E-state index contributed by atoms with van der Waals surface area (Å²) < 4.78 is 45.1. The van der Waals surface area contributed by atoms with E-state index < -0.39 is 11.7 Å². The van der Waals surface area contributed by atoms with Gasteiger partial charge in [-0.3, -0.25) is 0 Å². The fraction of sp³-hybridized carbons (Fsp3) is 0.625. The van der Waals surface area contributed by atoms with Crippen LogP contribution in [-0.2, 0) is 10.8 Å². The Morgan fingerprint density at radius 1 is 1.26 bits per heavy atom. The van der Waals surface area contributed by atoms with Crippen LogP contribution in [0.3, 0.4) is 0 Å². The SMILES string of the molecule is Cc1c(NC(C)C)cc([B]OCC(C)(C)CS)cc1C(F)(F)F. The number of nitrogens with one attached hydrogen (secondary N) is 1. The zero-order valence-electron chi connectivity index (χ0n) is 14.2. The molecule has 0 atom stereocenters. The van der Waals surface area contributed by atoms with Gasteiger partial charge in [0.25, 0.3) is 0 Å². The Morgan fingerprint density at radius 3 is 2.35 bits per heavy atom. The average Bonchev–Trinajstić information content (AvgIpc) is 2.40. The largest absolute Gasteiger partial charge is 0.434 e. The molecule has 0 bridgehead atoms. The van der Waals surface area contributed by atoms with E-state index >= 15 is 0 Å². The fourth-order valence-corrected chi connectivity index (χ4v) is 2.06. The van der Waals surface area contributed by atoms with Crippen molar-refractivity contribution in [3.63, 3.8) is 0 Å². The van der Waals surface area contributed by atoms with Crippen LogP contribution in [0.2, 0.25) is 0 Å². The zero-order chi connectivity index (χ0) is 17.8. The molecule has 0 amide bonds. The molecule has 0 fully saturated rings. The average molecular weight is 346 g/mol. The van der Waals surface area contributed by atoms with Crippen LogP contribution < -0.4 is 10.8 Å². The molecule has 1 aromatic rings. The molecule has 1 N–H and O–H groups in total. The summed E-state index contributed by atoms with van der Waals surface area (Å²) in [7, 11) is 1.38. The first-order valence-electron chi connectivity index (χ1n) is 7.50. The van der Waals surface area contributed by atoms with Crippen molar-refractivity contribution in [1.82, 2.24) is 0 Å². The van der Waals surface area contributed by atoms with Gasteiger partial charge in [0.2, 0.25) is 0 Å². The topological polar surface area (TPSA) is 21.3 Å². The molecule has 0 aliphatic heterocycles. The van der Waals surface area contributed by atoms with Crippen molar-refractivity contribution in [3.8, 4) is 0 Å². The molecule has 1 aromatic carbocycles. The van der Waals surface area contributed by atoms with E-state index in [1.54, 1.807) is 6.07 Å². The van der Waals surface area contributed by atoms with Crippen molar-refractivity contribution in [2.24, 2.45) is 5.41 Å². The summed E-state index contributed by atoms with van der Waals surface area (Å²) in [5.74, 6) is 0.628. The van der Waals surface area contributed by atoms with Gasteiger partial charge in [-0.2, -0.15) is 25.8 Å². The summed E-state index contributed by atoms with van der Waals surface area (Å²) in [6.45, 7) is 9.59. The maximum atomic E-state index is 13.2. The van der Waals surface area contributed by atoms with Gasteiger partial charge in [0, 0.05) is 18.3 Å². The Balaban J connectivity index is 3.03. The molecule has 0 saturated carbocycles. The molecule has 1 radical (unpaired) electrons. The lowest BCUT2D eigenvalue weighted by molar-refractivity contribution is -0.137. The van der Waals surface area contributed by atoms with Gasteiger partial charge < -0.3 is 9.97 Å². The van der Waals surface area contributed by atoms with Crippen molar-refractivity contribution in [1.29, 1.82) is 0 Å². The van der Waals surface area contributed by atoms with E-state index in [0.29, 0.717) is 23.5 Å². The van der Waals surface area contributed by atoms with Gasteiger partial charge in [0.05, 0.1) is 5.56 Å². The van der Waals surface area contributed by atoms with E-state index in [2.05, 4.69) is 17.9 Å². The molecular formula is C16H24BF3NOS. The highest BCUT2D eigenvalue weighted by atomic mass is 32.1. The number of thiol groups is 1.